The average Bonchev–Trinajstić information content (AvgIpc) is 3.60. The average molecular weight is 738 g/mol. The van der Waals surface area contributed by atoms with Gasteiger partial charge in [-0.25, -0.2) is 0 Å². The molecule has 6 rings (SSSR count). The molecule has 1 heterocycles. The first-order valence-corrected chi connectivity index (χ1v) is 20.1. The number of hydrogen-bond acceptors (Lipinski definition) is 7. The zero-order chi connectivity index (χ0) is 34.5. The van der Waals surface area contributed by atoms with E-state index in [9.17, 15) is 8.42 Å². The standard InChI is InChI=1S/C24H19S2.C16H18N2O3S2.CH4/c1-4-10-20(11-5-1)25-21-16-18-24(19-17-21)26(22-12-6-2-7-13-22)23-14-8-3-9-15-23;1-3-10-23(19,20)21-18-16-9-8-15(22-16)14(11-17)13-7-5-4-6-12(13)2;/h1-19H;4-9,11,17H,3,10H2,1-2H3;1H4/q+1;;/b;15-14-,17-11?,18-16+;. The van der Waals surface area contributed by atoms with Crippen molar-refractivity contribution in [1.82, 2.24) is 0 Å². The SMILES string of the molecule is C.CCCS(=O)(=O)O/N=C1C=C/C(=C(\C=N)c2ccccc2C)S\1.c1ccc(Sc2ccc([S+](c3ccccc3)c3ccccc3)cc2)cc1. The number of benzene rings is 5. The minimum Gasteiger partial charge on any atom is -0.308 e. The summed E-state index contributed by atoms with van der Waals surface area (Å²) in [5.74, 6) is -0.0597. The van der Waals surface area contributed by atoms with E-state index in [1.54, 1.807) is 24.8 Å². The summed E-state index contributed by atoms with van der Waals surface area (Å²) in [6.45, 7) is 3.75. The molecule has 0 amide bonds. The summed E-state index contributed by atoms with van der Waals surface area (Å²) in [7, 11) is -3.70. The summed E-state index contributed by atoms with van der Waals surface area (Å²) in [6.07, 6.45) is 5.27. The minimum atomic E-state index is -3.62. The van der Waals surface area contributed by atoms with Gasteiger partial charge in [-0.1, -0.05) is 122 Å². The topological polar surface area (TPSA) is 79.6 Å². The van der Waals surface area contributed by atoms with Gasteiger partial charge in [0.25, 0.3) is 0 Å². The van der Waals surface area contributed by atoms with Gasteiger partial charge in [-0.15, -0.1) is 0 Å². The zero-order valence-electron chi connectivity index (χ0n) is 27.2. The summed E-state index contributed by atoms with van der Waals surface area (Å²) >= 11 is 3.09. The Labute approximate surface area is 308 Å². The smallest absolute Gasteiger partial charge is 0.308 e. The molecule has 9 heteroatoms. The molecule has 5 nitrogen and oxygen atoms in total. The number of thioether (sulfide) groups is 1. The summed E-state index contributed by atoms with van der Waals surface area (Å²) < 4.78 is 27.7. The molecule has 1 aliphatic heterocycles. The lowest BCUT2D eigenvalue weighted by atomic mass is 10.0. The second-order valence-corrected chi connectivity index (χ2v) is 16.7. The van der Waals surface area contributed by atoms with Crippen molar-refractivity contribution in [3.63, 3.8) is 0 Å². The Hall–Kier alpha value is -4.28. The van der Waals surface area contributed by atoms with Crippen LogP contribution in [0.2, 0.25) is 0 Å². The molecule has 0 saturated heterocycles. The van der Waals surface area contributed by atoms with Crippen molar-refractivity contribution in [2.24, 2.45) is 5.16 Å². The van der Waals surface area contributed by atoms with Gasteiger partial charge in [-0.05, 0) is 97.3 Å². The maximum Gasteiger partial charge on any atom is 0.328 e. The number of nitrogens with one attached hydrogen (secondary N) is 1. The highest BCUT2D eigenvalue weighted by Crippen LogP contribution is 2.35. The second-order valence-electron chi connectivity index (χ2n) is 10.8. The molecule has 0 radical (unpaired) electrons. The maximum absolute atomic E-state index is 11.5. The second kappa shape index (κ2) is 19.2. The number of oxime groups is 1. The Morgan fingerprint density at radius 3 is 1.84 bits per heavy atom. The number of hydrogen-bond donors (Lipinski definition) is 1. The van der Waals surface area contributed by atoms with Gasteiger partial charge in [0.2, 0.25) is 0 Å². The van der Waals surface area contributed by atoms with Gasteiger partial charge in [0, 0.05) is 26.5 Å². The Balaban J connectivity index is 0.000000222. The highest BCUT2D eigenvalue weighted by Gasteiger charge is 2.28. The van der Waals surface area contributed by atoms with Crippen LogP contribution in [0, 0.1) is 12.3 Å². The van der Waals surface area contributed by atoms with Gasteiger partial charge in [-0.3, -0.25) is 4.28 Å². The fourth-order valence-corrected chi connectivity index (χ4v) is 9.44. The number of allylic oxidation sites excluding steroid dienone is 2. The van der Waals surface area contributed by atoms with Crippen molar-refractivity contribution < 1.29 is 12.7 Å². The molecule has 0 aromatic heterocycles. The molecule has 0 saturated carbocycles. The van der Waals surface area contributed by atoms with Gasteiger partial charge in [0.1, 0.15) is 5.04 Å². The van der Waals surface area contributed by atoms with Crippen molar-refractivity contribution in [2.75, 3.05) is 5.75 Å². The van der Waals surface area contributed by atoms with Crippen LogP contribution in [0.15, 0.2) is 186 Å². The van der Waals surface area contributed by atoms with E-state index in [1.165, 1.54) is 42.5 Å². The molecule has 0 spiro atoms. The van der Waals surface area contributed by atoms with Crippen LogP contribution < -0.4 is 0 Å². The lowest BCUT2D eigenvalue weighted by molar-refractivity contribution is 0.340. The van der Waals surface area contributed by atoms with Crippen LogP contribution in [0.3, 0.4) is 0 Å². The molecule has 1 N–H and O–H groups in total. The third kappa shape index (κ3) is 10.9. The number of rotatable bonds is 11. The van der Waals surface area contributed by atoms with Crippen molar-refractivity contribution in [3.05, 3.63) is 168 Å². The first-order valence-electron chi connectivity index (χ1n) is 15.7. The fourth-order valence-electron chi connectivity index (χ4n) is 4.85. The number of aryl methyl sites for hydroxylation is 1. The maximum atomic E-state index is 11.5. The van der Waals surface area contributed by atoms with E-state index < -0.39 is 10.1 Å². The van der Waals surface area contributed by atoms with E-state index in [0.717, 1.165) is 21.6 Å². The van der Waals surface area contributed by atoms with Crippen LogP contribution in [-0.2, 0) is 25.3 Å². The first-order chi connectivity index (χ1) is 23.9. The van der Waals surface area contributed by atoms with Gasteiger partial charge < -0.3 is 5.41 Å². The Kier molecular flexibility index (Phi) is 14.8. The molecule has 0 bridgehead atoms. The van der Waals surface area contributed by atoms with Crippen LogP contribution in [0.25, 0.3) is 5.57 Å². The predicted molar refractivity (Wildman–Crippen MR) is 215 cm³/mol. The Morgan fingerprint density at radius 1 is 0.760 bits per heavy atom. The summed E-state index contributed by atoms with van der Waals surface area (Å²) in [6, 6.07) is 48.9. The van der Waals surface area contributed by atoms with Gasteiger partial charge >= 0.3 is 10.1 Å². The lowest BCUT2D eigenvalue weighted by Gasteiger charge is -2.08. The Morgan fingerprint density at radius 2 is 1.28 bits per heavy atom. The van der Waals surface area contributed by atoms with E-state index in [0.29, 0.717) is 11.5 Å². The molecule has 0 atom stereocenters. The first kappa shape index (κ1) is 38.5. The third-order valence-electron chi connectivity index (χ3n) is 7.13. The van der Waals surface area contributed by atoms with Crippen molar-refractivity contribution in [1.29, 1.82) is 5.41 Å². The summed E-state index contributed by atoms with van der Waals surface area (Å²) in [5.41, 5.74) is 2.81. The lowest BCUT2D eigenvalue weighted by Crippen LogP contribution is -2.07. The predicted octanol–water partition coefficient (Wildman–Crippen LogP) is 11.3. The van der Waals surface area contributed by atoms with Crippen LogP contribution in [-0.4, -0.2) is 25.4 Å². The molecule has 0 aliphatic carbocycles. The minimum absolute atomic E-state index is 0. The van der Waals surface area contributed by atoms with Gasteiger partial charge in [0.05, 0.1) is 16.6 Å². The molecule has 0 fully saturated rings. The van der Waals surface area contributed by atoms with E-state index in [2.05, 4.69) is 125 Å². The van der Waals surface area contributed by atoms with Crippen LogP contribution in [0.5, 0.6) is 0 Å². The fraction of sp³-hybridized carbons (Fsp3) is 0.122. The van der Waals surface area contributed by atoms with E-state index in [-0.39, 0.29) is 24.1 Å². The molecule has 256 valence electrons. The Bertz CT molecular complexity index is 1990. The van der Waals surface area contributed by atoms with Crippen LogP contribution in [0.1, 0.15) is 31.9 Å². The normalized spacial score (nSPS) is 14.0. The van der Waals surface area contributed by atoms with Gasteiger partial charge in [0.15, 0.2) is 14.7 Å². The third-order valence-corrected chi connectivity index (χ3v) is 12.6. The van der Waals surface area contributed by atoms with Crippen LogP contribution in [0.4, 0.5) is 0 Å². The molecular formula is C41H41N2O3S4+. The molecule has 5 aromatic carbocycles. The molecule has 50 heavy (non-hydrogen) atoms. The largest absolute Gasteiger partial charge is 0.328 e. The molecular weight excluding hydrogens is 697 g/mol. The number of nitrogens with zero attached hydrogens (tertiary/aromatic N) is 1. The van der Waals surface area contributed by atoms with E-state index >= 15 is 0 Å². The van der Waals surface area contributed by atoms with Crippen molar-refractivity contribution >= 4 is 61.4 Å². The van der Waals surface area contributed by atoms with E-state index in [4.69, 9.17) is 5.41 Å². The van der Waals surface area contributed by atoms with Crippen LogP contribution >= 0.6 is 23.5 Å². The summed E-state index contributed by atoms with van der Waals surface area (Å²) in [4.78, 5) is 7.42. The molecule has 1 aliphatic rings. The van der Waals surface area contributed by atoms with E-state index in [1.807, 2.05) is 37.3 Å². The van der Waals surface area contributed by atoms with Crippen molar-refractivity contribution in [2.45, 2.75) is 52.2 Å². The molecule has 0 unspecified atom stereocenters. The van der Waals surface area contributed by atoms with Gasteiger partial charge in [-0.2, -0.15) is 8.42 Å². The quantitative estimate of drug-likeness (QED) is 0.0829. The summed E-state index contributed by atoms with van der Waals surface area (Å²) in [5, 5.41) is 11.8. The monoisotopic (exact) mass is 737 g/mol. The highest BCUT2D eigenvalue weighted by molar-refractivity contribution is 8.18. The van der Waals surface area contributed by atoms with Crippen molar-refractivity contribution in [3.8, 4) is 0 Å². The highest BCUT2D eigenvalue weighted by atomic mass is 32.2. The zero-order valence-corrected chi connectivity index (χ0v) is 30.5. The molecule has 5 aromatic rings.